The molecule has 1 N–H and O–H groups in total. The van der Waals surface area contributed by atoms with Crippen LogP contribution in [0.25, 0.3) is 0 Å². The van der Waals surface area contributed by atoms with Crippen molar-refractivity contribution in [3.63, 3.8) is 0 Å². The predicted octanol–water partition coefficient (Wildman–Crippen LogP) is 7.03. The van der Waals surface area contributed by atoms with Crippen molar-refractivity contribution in [3.05, 3.63) is 70.3 Å². The van der Waals surface area contributed by atoms with Gasteiger partial charge in [-0.15, -0.1) is 4.36 Å². The van der Waals surface area contributed by atoms with Gasteiger partial charge < -0.3 is 14.4 Å². The number of nitrogens with zero attached hydrogens (tertiary/aromatic N) is 2. The fourth-order valence-electron chi connectivity index (χ4n) is 7.87. The Labute approximate surface area is 278 Å². The van der Waals surface area contributed by atoms with Gasteiger partial charge in [-0.05, 0) is 105 Å². The summed E-state index contributed by atoms with van der Waals surface area (Å²) in [4.78, 5) is 28.8. The van der Waals surface area contributed by atoms with Gasteiger partial charge in [0, 0.05) is 42.6 Å². The fraction of sp³-hybridized carbons (Fsp3) is 0.556. The molecule has 2 aromatic carbocycles. The Bertz CT molecular complexity index is 1640. The van der Waals surface area contributed by atoms with E-state index in [1.807, 2.05) is 25.1 Å². The van der Waals surface area contributed by atoms with Crippen LogP contribution in [0.1, 0.15) is 86.7 Å². The van der Waals surface area contributed by atoms with Gasteiger partial charge >= 0.3 is 0 Å². The number of allylic oxidation sites excluding steroid dienone is 1. The van der Waals surface area contributed by atoms with Crippen molar-refractivity contribution in [2.24, 2.45) is 16.2 Å². The van der Waals surface area contributed by atoms with Crippen LogP contribution in [-0.2, 0) is 31.3 Å². The fourth-order valence-corrected chi connectivity index (χ4v) is 10.2. The molecule has 6 atom stereocenters. The van der Waals surface area contributed by atoms with Crippen molar-refractivity contribution in [3.8, 4) is 5.75 Å². The number of benzene rings is 2. The van der Waals surface area contributed by atoms with E-state index in [9.17, 15) is 13.8 Å². The molecule has 46 heavy (non-hydrogen) atoms. The number of methoxy groups -OCH3 is 1. The Morgan fingerprint density at radius 1 is 1.20 bits per heavy atom. The molecule has 1 fully saturated rings. The number of hydrogen-bond donors (Lipinski definition) is 1. The number of hydrogen-bond acceptors (Lipinski definition) is 6. The van der Waals surface area contributed by atoms with E-state index in [0.717, 1.165) is 61.7 Å². The molecule has 2 amide bonds. The van der Waals surface area contributed by atoms with Crippen LogP contribution in [0.3, 0.4) is 0 Å². The monoisotopic (exact) mass is 667 g/mol. The van der Waals surface area contributed by atoms with Gasteiger partial charge in [-0.2, -0.15) is 0 Å². The Morgan fingerprint density at radius 2 is 2.04 bits per heavy atom. The van der Waals surface area contributed by atoms with Crippen LogP contribution in [0.4, 0.5) is 5.69 Å². The Balaban J connectivity index is 1.46. The first-order valence-corrected chi connectivity index (χ1v) is 18.7. The Kier molecular flexibility index (Phi) is 9.83. The van der Waals surface area contributed by atoms with Crippen LogP contribution in [0, 0.1) is 11.8 Å². The van der Waals surface area contributed by atoms with Gasteiger partial charge in [-0.25, -0.2) is 4.21 Å². The number of nitrogens with one attached hydrogen (secondary N) is 1. The van der Waals surface area contributed by atoms with Crippen molar-refractivity contribution >= 4 is 39.0 Å². The molecule has 2 bridgehead atoms. The normalized spacial score (nSPS) is 31.7. The van der Waals surface area contributed by atoms with E-state index in [-0.39, 0.29) is 23.8 Å². The van der Waals surface area contributed by atoms with Crippen LogP contribution in [0.2, 0.25) is 5.02 Å². The number of anilines is 1. The minimum atomic E-state index is -3.39. The lowest BCUT2D eigenvalue weighted by molar-refractivity contribution is -0.119. The number of rotatable bonds is 4. The second kappa shape index (κ2) is 13.7. The molecule has 4 aliphatic rings. The number of aryl methyl sites for hydroxylation is 1. The highest BCUT2D eigenvalue weighted by Gasteiger charge is 2.44. The molecule has 2 heterocycles. The van der Waals surface area contributed by atoms with Gasteiger partial charge in [0.25, 0.3) is 5.91 Å². The molecular weight excluding hydrogens is 622 g/mol. The summed E-state index contributed by atoms with van der Waals surface area (Å²) in [6.07, 6.45) is 11.3. The summed E-state index contributed by atoms with van der Waals surface area (Å²) in [6, 6.07) is 11.6. The topological polar surface area (TPSA) is 97.3 Å². The molecular formula is C36H46ClN3O5S. The molecule has 0 radical (unpaired) electrons. The molecule has 2 aromatic rings. The first-order valence-electron chi connectivity index (χ1n) is 16.8. The molecule has 248 valence electrons. The lowest BCUT2D eigenvalue weighted by Crippen LogP contribution is -2.49. The average molecular weight is 668 g/mol. The van der Waals surface area contributed by atoms with E-state index in [1.165, 1.54) is 11.1 Å². The van der Waals surface area contributed by atoms with Crippen molar-refractivity contribution in [2.75, 3.05) is 31.7 Å². The van der Waals surface area contributed by atoms with E-state index in [4.69, 9.17) is 21.1 Å². The van der Waals surface area contributed by atoms with Crippen molar-refractivity contribution < 1.29 is 23.3 Å². The van der Waals surface area contributed by atoms with Crippen LogP contribution in [-0.4, -0.2) is 54.2 Å². The molecule has 8 nitrogen and oxygen atoms in total. The van der Waals surface area contributed by atoms with Gasteiger partial charge in [-0.1, -0.05) is 43.7 Å². The van der Waals surface area contributed by atoms with E-state index in [1.54, 1.807) is 20.1 Å². The summed E-state index contributed by atoms with van der Waals surface area (Å²) in [7, 11) is -1.62. The highest BCUT2D eigenvalue weighted by Crippen LogP contribution is 2.47. The third-order valence-electron chi connectivity index (χ3n) is 10.6. The number of amides is 2. The summed E-state index contributed by atoms with van der Waals surface area (Å²) < 4.78 is 34.0. The lowest BCUT2D eigenvalue weighted by Gasteiger charge is -2.46. The van der Waals surface area contributed by atoms with Crippen LogP contribution >= 0.6 is 11.6 Å². The summed E-state index contributed by atoms with van der Waals surface area (Å²) >= 11 is 6.44. The molecule has 6 rings (SSSR count). The maximum atomic E-state index is 14.4. The Hall–Kier alpha value is -2.88. The van der Waals surface area contributed by atoms with Crippen LogP contribution in [0.15, 0.2) is 52.9 Å². The molecule has 6 unspecified atom stereocenters. The summed E-state index contributed by atoms with van der Waals surface area (Å²) in [5, 5.41) is 0.265. The lowest BCUT2D eigenvalue weighted by atomic mass is 9.68. The highest BCUT2D eigenvalue weighted by atomic mass is 35.5. The summed E-state index contributed by atoms with van der Waals surface area (Å²) in [6.45, 7) is 5.68. The summed E-state index contributed by atoms with van der Waals surface area (Å²) in [5.41, 5.74) is 3.50. The Morgan fingerprint density at radius 3 is 2.78 bits per heavy atom. The third-order valence-corrected chi connectivity index (χ3v) is 13.3. The quantitative estimate of drug-likeness (QED) is 0.352. The molecule has 1 spiro atoms. The smallest absolute Gasteiger partial charge is 0.286 e. The van der Waals surface area contributed by atoms with Gasteiger partial charge in [0.15, 0.2) is 0 Å². The average Bonchev–Trinajstić information content (AvgIpc) is 3.18. The molecule has 1 saturated carbocycles. The molecule has 2 aliphatic heterocycles. The standard InChI is InChI=1S/C36H46ClN3O5S/c1-4-28-10-6-7-11-32(44-3)29-15-12-26(29)21-40-22-36(18-8-9-24-19-27(37)14-16-30(24)36)23-45-33-17-13-25(20-31(33)40)35(42)39-46(28,43)38-34(41)5-2/h7,11,13-14,16-17,19-20,26,28-29,32H,4-6,8-10,12,15,18,21-23H2,1-3H3,(H,38,39,41,42,43)/b11-7+. The molecule has 2 aliphatic carbocycles. The van der Waals surface area contributed by atoms with Crippen molar-refractivity contribution in [1.29, 1.82) is 0 Å². The maximum Gasteiger partial charge on any atom is 0.286 e. The first kappa shape index (κ1) is 33.0. The van der Waals surface area contributed by atoms with E-state index < -0.39 is 21.1 Å². The van der Waals surface area contributed by atoms with Crippen molar-refractivity contribution in [1.82, 2.24) is 4.72 Å². The zero-order chi connectivity index (χ0) is 32.5. The first-order chi connectivity index (χ1) is 22.2. The van der Waals surface area contributed by atoms with E-state index in [0.29, 0.717) is 43.3 Å². The number of carbonyl (C=O) groups is 2. The van der Waals surface area contributed by atoms with E-state index >= 15 is 0 Å². The van der Waals surface area contributed by atoms with Gasteiger partial charge in [0.2, 0.25) is 5.91 Å². The second-order valence-electron chi connectivity index (χ2n) is 13.4. The predicted molar refractivity (Wildman–Crippen MR) is 183 cm³/mol. The number of carbonyl (C=O) groups excluding carboxylic acids is 2. The number of fused-ring (bicyclic) bond motifs is 4. The minimum Gasteiger partial charge on any atom is -0.490 e. The zero-order valence-corrected chi connectivity index (χ0v) is 28.7. The third kappa shape index (κ3) is 6.47. The molecule has 0 saturated heterocycles. The largest absolute Gasteiger partial charge is 0.490 e. The maximum absolute atomic E-state index is 14.4. The van der Waals surface area contributed by atoms with Gasteiger partial charge in [0.05, 0.1) is 23.6 Å². The minimum absolute atomic E-state index is 0.0253. The van der Waals surface area contributed by atoms with Crippen molar-refractivity contribution in [2.45, 2.75) is 88.4 Å². The number of halogens is 1. The van der Waals surface area contributed by atoms with Gasteiger partial charge in [-0.3, -0.25) is 14.3 Å². The molecule has 0 aromatic heterocycles. The van der Waals surface area contributed by atoms with Crippen LogP contribution in [0.5, 0.6) is 5.75 Å². The number of ether oxygens (including phenoxy) is 2. The highest BCUT2D eigenvalue weighted by molar-refractivity contribution is 7.93. The SMILES string of the molecule is CCC(=O)NS1(=O)=NC(=O)c2ccc3c(c2)N(CC2CCC2C(OC)/C=C/CCC1CC)CC1(CCCc2cc(Cl)ccc21)CO3. The van der Waals surface area contributed by atoms with Gasteiger partial charge in [0.1, 0.15) is 15.7 Å². The van der Waals surface area contributed by atoms with Crippen LogP contribution < -0.4 is 14.4 Å². The second-order valence-corrected chi connectivity index (χ2v) is 16.0. The summed E-state index contributed by atoms with van der Waals surface area (Å²) in [5.74, 6) is 0.518. The zero-order valence-electron chi connectivity index (χ0n) is 27.1. The van der Waals surface area contributed by atoms with E-state index in [2.05, 4.69) is 38.3 Å². The molecule has 10 heteroatoms.